The number of anilines is 2. The lowest BCUT2D eigenvalue weighted by atomic mass is 10.1. The molecule has 0 bridgehead atoms. The van der Waals surface area contributed by atoms with Gasteiger partial charge in [0.05, 0.1) is 16.2 Å². The standard InChI is InChI=1S/C19H15Cl2N3O3/c1-9-14(20)6-4-12-17(9)22-8-13(18(12)26)19(27)24-16-7-11(23-10(2)25)3-5-15(16)21/h3-8H,1-2H3,(H,22,26)(H,23,25)(H,24,27). The van der Waals surface area contributed by atoms with Crippen LogP contribution in [0.2, 0.25) is 10.0 Å². The number of benzene rings is 2. The number of aryl methyl sites for hydroxylation is 1. The summed E-state index contributed by atoms with van der Waals surface area (Å²) in [6.07, 6.45) is 1.34. The highest BCUT2D eigenvalue weighted by molar-refractivity contribution is 6.34. The Morgan fingerprint density at radius 3 is 2.44 bits per heavy atom. The van der Waals surface area contributed by atoms with Crippen molar-refractivity contribution in [3.63, 3.8) is 0 Å². The SMILES string of the molecule is CC(=O)Nc1ccc(Cl)c(NC(=O)c2c[nH]c3c(C)c(Cl)ccc3c2=O)c1. The number of fused-ring (bicyclic) bond motifs is 1. The quantitative estimate of drug-likeness (QED) is 0.606. The molecule has 0 unspecified atom stereocenters. The average Bonchev–Trinajstić information content (AvgIpc) is 2.61. The minimum Gasteiger partial charge on any atom is -0.360 e. The molecule has 3 aromatic rings. The van der Waals surface area contributed by atoms with Crippen molar-refractivity contribution in [3.05, 3.63) is 67.9 Å². The van der Waals surface area contributed by atoms with Crippen LogP contribution in [0.25, 0.3) is 10.9 Å². The zero-order chi connectivity index (χ0) is 19.7. The van der Waals surface area contributed by atoms with E-state index in [4.69, 9.17) is 23.2 Å². The maximum atomic E-state index is 12.7. The Balaban J connectivity index is 1.98. The van der Waals surface area contributed by atoms with Gasteiger partial charge in [0.2, 0.25) is 11.3 Å². The number of H-pyrrole nitrogens is 1. The van der Waals surface area contributed by atoms with Gasteiger partial charge in [0.25, 0.3) is 5.91 Å². The second kappa shape index (κ2) is 7.42. The number of hydrogen-bond donors (Lipinski definition) is 3. The molecule has 2 amide bonds. The summed E-state index contributed by atoms with van der Waals surface area (Å²) in [5.74, 6) is -0.873. The molecule has 27 heavy (non-hydrogen) atoms. The Morgan fingerprint density at radius 2 is 1.74 bits per heavy atom. The molecule has 138 valence electrons. The van der Waals surface area contributed by atoms with E-state index in [0.29, 0.717) is 21.6 Å². The summed E-state index contributed by atoms with van der Waals surface area (Å²) in [4.78, 5) is 39.5. The van der Waals surface area contributed by atoms with Gasteiger partial charge in [-0.2, -0.15) is 0 Å². The van der Waals surface area contributed by atoms with Crippen LogP contribution >= 0.6 is 23.2 Å². The lowest BCUT2D eigenvalue weighted by Crippen LogP contribution is -2.22. The fraction of sp³-hybridized carbons (Fsp3) is 0.105. The number of carbonyl (C=O) groups is 2. The maximum absolute atomic E-state index is 12.7. The Kier molecular flexibility index (Phi) is 5.21. The molecular weight excluding hydrogens is 389 g/mol. The van der Waals surface area contributed by atoms with E-state index in [1.54, 1.807) is 31.2 Å². The van der Waals surface area contributed by atoms with Crippen LogP contribution in [0.5, 0.6) is 0 Å². The van der Waals surface area contributed by atoms with Crippen molar-refractivity contribution in [2.75, 3.05) is 10.6 Å². The molecule has 0 fully saturated rings. The van der Waals surface area contributed by atoms with Crippen LogP contribution in [0.3, 0.4) is 0 Å². The highest BCUT2D eigenvalue weighted by Gasteiger charge is 2.16. The number of nitrogens with one attached hydrogen (secondary N) is 3. The molecule has 0 aliphatic rings. The first-order valence-electron chi connectivity index (χ1n) is 7.97. The fourth-order valence-corrected chi connectivity index (χ4v) is 3.00. The Bertz CT molecular complexity index is 1140. The number of aromatic amines is 1. The van der Waals surface area contributed by atoms with Crippen LogP contribution in [-0.2, 0) is 4.79 Å². The second-order valence-corrected chi connectivity index (χ2v) is 6.77. The maximum Gasteiger partial charge on any atom is 0.261 e. The van der Waals surface area contributed by atoms with Crippen molar-refractivity contribution in [1.29, 1.82) is 0 Å². The zero-order valence-electron chi connectivity index (χ0n) is 14.4. The van der Waals surface area contributed by atoms with Crippen molar-refractivity contribution in [1.82, 2.24) is 4.98 Å². The molecule has 0 saturated heterocycles. The molecule has 2 aromatic carbocycles. The molecule has 3 rings (SSSR count). The third-order valence-corrected chi connectivity index (χ3v) is 4.77. The third-order valence-electron chi connectivity index (χ3n) is 4.03. The summed E-state index contributed by atoms with van der Waals surface area (Å²) in [5, 5.41) is 6.37. The molecule has 1 heterocycles. The van der Waals surface area contributed by atoms with Gasteiger partial charge in [-0.3, -0.25) is 14.4 Å². The van der Waals surface area contributed by atoms with Crippen LogP contribution in [-0.4, -0.2) is 16.8 Å². The molecule has 3 N–H and O–H groups in total. The van der Waals surface area contributed by atoms with Gasteiger partial charge in [-0.1, -0.05) is 23.2 Å². The van der Waals surface area contributed by atoms with Crippen molar-refractivity contribution in [3.8, 4) is 0 Å². The van der Waals surface area contributed by atoms with E-state index >= 15 is 0 Å². The number of amides is 2. The number of carbonyl (C=O) groups excluding carboxylic acids is 2. The minimum atomic E-state index is -0.618. The zero-order valence-corrected chi connectivity index (χ0v) is 16.0. The molecule has 1 aromatic heterocycles. The van der Waals surface area contributed by atoms with Gasteiger partial charge >= 0.3 is 0 Å². The highest BCUT2D eigenvalue weighted by Crippen LogP contribution is 2.26. The molecule has 0 saturated carbocycles. The van der Waals surface area contributed by atoms with Crippen LogP contribution in [0, 0.1) is 6.92 Å². The molecular formula is C19H15Cl2N3O3. The van der Waals surface area contributed by atoms with Crippen LogP contribution in [0.1, 0.15) is 22.8 Å². The van der Waals surface area contributed by atoms with Gasteiger partial charge < -0.3 is 15.6 Å². The topological polar surface area (TPSA) is 91.1 Å². The summed E-state index contributed by atoms with van der Waals surface area (Å²) < 4.78 is 0. The Morgan fingerprint density at radius 1 is 1.04 bits per heavy atom. The average molecular weight is 404 g/mol. The van der Waals surface area contributed by atoms with Crippen LogP contribution in [0.4, 0.5) is 11.4 Å². The molecule has 8 heteroatoms. The first kappa shape index (κ1) is 18.9. The van der Waals surface area contributed by atoms with Crippen molar-refractivity contribution < 1.29 is 9.59 Å². The number of halogens is 2. The minimum absolute atomic E-state index is 0.0646. The Labute approximate surface area is 164 Å². The summed E-state index contributed by atoms with van der Waals surface area (Å²) in [6.45, 7) is 3.16. The van der Waals surface area contributed by atoms with Gasteiger partial charge in [0.15, 0.2) is 0 Å². The molecule has 0 spiro atoms. The smallest absolute Gasteiger partial charge is 0.261 e. The predicted molar refractivity (Wildman–Crippen MR) is 108 cm³/mol. The van der Waals surface area contributed by atoms with E-state index in [1.165, 1.54) is 19.2 Å². The van der Waals surface area contributed by atoms with E-state index < -0.39 is 11.3 Å². The van der Waals surface area contributed by atoms with Crippen molar-refractivity contribution in [2.45, 2.75) is 13.8 Å². The fourth-order valence-electron chi connectivity index (χ4n) is 2.68. The highest BCUT2D eigenvalue weighted by atomic mass is 35.5. The third kappa shape index (κ3) is 3.82. The number of aromatic nitrogens is 1. The molecule has 6 nitrogen and oxygen atoms in total. The second-order valence-electron chi connectivity index (χ2n) is 5.96. The monoisotopic (exact) mass is 403 g/mol. The Hall–Kier alpha value is -2.83. The van der Waals surface area contributed by atoms with E-state index in [1.807, 2.05) is 0 Å². The van der Waals surface area contributed by atoms with Gasteiger partial charge in [-0.15, -0.1) is 0 Å². The molecule has 0 aliphatic carbocycles. The van der Waals surface area contributed by atoms with Crippen molar-refractivity contribution in [2.24, 2.45) is 0 Å². The largest absolute Gasteiger partial charge is 0.360 e. The van der Waals surface area contributed by atoms with Crippen molar-refractivity contribution >= 4 is 57.3 Å². The van der Waals surface area contributed by atoms with Gasteiger partial charge in [0, 0.05) is 29.2 Å². The summed E-state index contributed by atoms with van der Waals surface area (Å²) in [7, 11) is 0. The van der Waals surface area contributed by atoms with Gasteiger partial charge in [0.1, 0.15) is 5.56 Å². The van der Waals surface area contributed by atoms with E-state index in [-0.39, 0.29) is 22.2 Å². The van der Waals surface area contributed by atoms with Crippen LogP contribution < -0.4 is 16.1 Å². The van der Waals surface area contributed by atoms with E-state index in [9.17, 15) is 14.4 Å². The number of hydrogen-bond acceptors (Lipinski definition) is 3. The normalized spacial score (nSPS) is 10.7. The summed E-state index contributed by atoms with van der Waals surface area (Å²) >= 11 is 12.2. The molecule has 0 radical (unpaired) electrons. The lowest BCUT2D eigenvalue weighted by Gasteiger charge is -2.11. The number of pyridine rings is 1. The van der Waals surface area contributed by atoms with Gasteiger partial charge in [-0.05, 0) is 42.8 Å². The lowest BCUT2D eigenvalue weighted by molar-refractivity contribution is -0.114. The number of rotatable bonds is 3. The van der Waals surface area contributed by atoms with E-state index in [0.717, 1.165) is 5.56 Å². The van der Waals surface area contributed by atoms with E-state index in [2.05, 4.69) is 15.6 Å². The molecule has 0 aliphatic heterocycles. The van der Waals surface area contributed by atoms with Gasteiger partial charge in [-0.25, -0.2) is 0 Å². The molecule has 0 atom stereocenters. The van der Waals surface area contributed by atoms with Crippen LogP contribution in [0.15, 0.2) is 41.3 Å². The predicted octanol–water partition coefficient (Wildman–Crippen LogP) is 4.35. The first-order chi connectivity index (χ1) is 12.8. The summed E-state index contributed by atoms with van der Waals surface area (Å²) in [5.41, 5.74) is 1.57. The first-order valence-corrected chi connectivity index (χ1v) is 8.72. The summed E-state index contributed by atoms with van der Waals surface area (Å²) in [6, 6.07) is 7.85.